The Morgan fingerprint density at radius 3 is 2.58 bits per heavy atom. The van der Waals surface area contributed by atoms with Crippen molar-refractivity contribution in [2.75, 3.05) is 7.11 Å². The third kappa shape index (κ3) is 2.56. The van der Waals surface area contributed by atoms with E-state index in [4.69, 9.17) is 4.74 Å². The Labute approximate surface area is 113 Å². The summed E-state index contributed by atoms with van der Waals surface area (Å²) in [5, 5.41) is 10.7. The summed E-state index contributed by atoms with van der Waals surface area (Å²) in [5.41, 5.74) is 1.18. The van der Waals surface area contributed by atoms with E-state index in [9.17, 15) is 9.90 Å². The molecule has 0 spiro atoms. The summed E-state index contributed by atoms with van der Waals surface area (Å²) in [6, 6.07) is 9.33. The molecule has 1 aromatic carbocycles. The van der Waals surface area contributed by atoms with Crippen LogP contribution in [0, 0.1) is 5.41 Å². The molecule has 2 rings (SSSR count). The van der Waals surface area contributed by atoms with Gasteiger partial charge in [0.2, 0.25) is 0 Å². The van der Waals surface area contributed by atoms with Gasteiger partial charge in [0, 0.05) is 0 Å². The maximum absolute atomic E-state index is 12.2. The van der Waals surface area contributed by atoms with Crippen LogP contribution in [0.5, 0.6) is 0 Å². The molecule has 0 aromatic heterocycles. The van der Waals surface area contributed by atoms with Crippen molar-refractivity contribution in [3.63, 3.8) is 0 Å². The number of aliphatic hydroxyl groups is 1. The van der Waals surface area contributed by atoms with Crippen LogP contribution < -0.4 is 0 Å². The highest BCUT2D eigenvalue weighted by atomic mass is 16.5. The lowest BCUT2D eigenvalue weighted by molar-refractivity contribution is -0.162. The number of carbonyl (C=O) groups excluding carboxylic acids is 1. The zero-order valence-electron chi connectivity index (χ0n) is 11.4. The van der Waals surface area contributed by atoms with Crippen molar-refractivity contribution in [1.82, 2.24) is 0 Å². The molecule has 3 nitrogen and oxygen atoms in total. The summed E-state index contributed by atoms with van der Waals surface area (Å²) in [5.74, 6) is -0.326. The summed E-state index contributed by atoms with van der Waals surface area (Å²) < 4.78 is 4.94. The predicted molar refractivity (Wildman–Crippen MR) is 73.5 cm³/mol. The molecule has 1 N–H and O–H groups in total. The van der Waals surface area contributed by atoms with Gasteiger partial charge in [-0.05, 0) is 31.7 Å². The number of rotatable bonds is 3. The van der Waals surface area contributed by atoms with Gasteiger partial charge in [-0.2, -0.15) is 0 Å². The highest BCUT2D eigenvalue weighted by Crippen LogP contribution is 2.46. The number of methoxy groups -OCH3 is 1. The molecule has 0 radical (unpaired) electrons. The van der Waals surface area contributed by atoms with E-state index in [-0.39, 0.29) is 5.97 Å². The van der Waals surface area contributed by atoms with Gasteiger partial charge < -0.3 is 9.84 Å². The van der Waals surface area contributed by atoms with Crippen LogP contribution >= 0.6 is 0 Å². The Morgan fingerprint density at radius 2 is 2.05 bits per heavy atom. The van der Waals surface area contributed by atoms with E-state index in [1.54, 1.807) is 0 Å². The Balaban J connectivity index is 2.36. The minimum atomic E-state index is -0.852. The highest BCUT2D eigenvalue weighted by molar-refractivity contribution is 5.78. The third-order valence-corrected chi connectivity index (χ3v) is 4.01. The average Bonchev–Trinajstić information content (AvgIpc) is 2.47. The fraction of sp³-hybridized carbons (Fsp3) is 0.438. The fourth-order valence-corrected chi connectivity index (χ4v) is 2.68. The number of hydrogen-bond donors (Lipinski definition) is 1. The number of hydrogen-bond acceptors (Lipinski definition) is 3. The van der Waals surface area contributed by atoms with Crippen LogP contribution in [0.3, 0.4) is 0 Å². The molecule has 0 saturated heterocycles. The molecule has 0 fully saturated rings. The largest absolute Gasteiger partial charge is 0.468 e. The molecule has 1 aromatic rings. The first-order valence-corrected chi connectivity index (χ1v) is 6.57. The first kappa shape index (κ1) is 13.8. The van der Waals surface area contributed by atoms with Crippen molar-refractivity contribution in [3.05, 3.63) is 47.5 Å². The van der Waals surface area contributed by atoms with E-state index < -0.39 is 11.5 Å². The number of aliphatic hydroxyl groups excluding tert-OH is 1. The second-order valence-electron chi connectivity index (χ2n) is 5.22. The second-order valence-corrected chi connectivity index (χ2v) is 5.22. The van der Waals surface area contributed by atoms with Gasteiger partial charge in [-0.25, -0.2) is 0 Å². The molecule has 0 heterocycles. The van der Waals surface area contributed by atoms with Gasteiger partial charge in [-0.1, -0.05) is 42.0 Å². The Bertz CT molecular complexity index is 478. The summed E-state index contributed by atoms with van der Waals surface area (Å²) >= 11 is 0. The predicted octanol–water partition coefficient (Wildman–Crippen LogP) is 3.01. The second kappa shape index (κ2) is 5.57. The molecule has 0 saturated carbocycles. The molecular formula is C16H20O3. The number of carbonyl (C=O) groups is 1. The first-order valence-electron chi connectivity index (χ1n) is 6.57. The Kier molecular flexibility index (Phi) is 4.05. The molecule has 102 valence electrons. The zero-order chi connectivity index (χ0) is 13.9. The van der Waals surface area contributed by atoms with Crippen molar-refractivity contribution in [2.24, 2.45) is 5.41 Å². The number of ether oxygens (including phenoxy) is 1. The maximum Gasteiger partial charge on any atom is 0.315 e. The lowest BCUT2D eigenvalue weighted by atomic mass is 9.69. The summed E-state index contributed by atoms with van der Waals surface area (Å²) in [4.78, 5) is 12.2. The maximum atomic E-state index is 12.2. The van der Waals surface area contributed by atoms with Crippen LogP contribution in [-0.2, 0) is 9.53 Å². The first-order chi connectivity index (χ1) is 9.10. The van der Waals surface area contributed by atoms with E-state index in [1.165, 1.54) is 12.7 Å². The molecule has 1 aliphatic carbocycles. The Hall–Kier alpha value is -1.61. The van der Waals surface area contributed by atoms with Crippen LogP contribution in [0.1, 0.15) is 37.9 Å². The van der Waals surface area contributed by atoms with Crippen molar-refractivity contribution in [2.45, 2.75) is 32.3 Å². The summed E-state index contributed by atoms with van der Waals surface area (Å²) in [6.45, 7) is 2.05. The topological polar surface area (TPSA) is 46.5 Å². The smallest absolute Gasteiger partial charge is 0.315 e. The molecular weight excluding hydrogens is 240 g/mol. The number of benzene rings is 1. The van der Waals surface area contributed by atoms with Gasteiger partial charge >= 0.3 is 5.97 Å². The fourth-order valence-electron chi connectivity index (χ4n) is 2.68. The van der Waals surface area contributed by atoms with Crippen molar-refractivity contribution in [3.8, 4) is 0 Å². The lowest BCUT2D eigenvalue weighted by Gasteiger charge is -2.37. The van der Waals surface area contributed by atoms with Gasteiger partial charge in [-0.15, -0.1) is 0 Å². The molecule has 1 aliphatic rings. The van der Waals surface area contributed by atoms with Crippen LogP contribution in [0.15, 0.2) is 42.0 Å². The minimum Gasteiger partial charge on any atom is -0.468 e. The van der Waals surface area contributed by atoms with Crippen molar-refractivity contribution >= 4 is 5.97 Å². The molecule has 0 bridgehead atoms. The summed E-state index contributed by atoms with van der Waals surface area (Å²) in [6.07, 6.45) is 3.18. The monoisotopic (exact) mass is 260 g/mol. The van der Waals surface area contributed by atoms with Crippen LogP contribution in [0.2, 0.25) is 0 Å². The molecule has 19 heavy (non-hydrogen) atoms. The van der Waals surface area contributed by atoms with Gasteiger partial charge in [0.05, 0.1) is 13.2 Å². The van der Waals surface area contributed by atoms with E-state index in [0.717, 1.165) is 12.0 Å². The van der Waals surface area contributed by atoms with E-state index >= 15 is 0 Å². The third-order valence-electron chi connectivity index (χ3n) is 4.01. The van der Waals surface area contributed by atoms with Crippen molar-refractivity contribution in [1.29, 1.82) is 0 Å². The SMILES string of the molecule is COC(=O)[C@@]1([C@H](O)c2ccccc2)CC=C(C)CC1. The van der Waals surface area contributed by atoms with E-state index in [0.29, 0.717) is 12.8 Å². The molecule has 3 heteroatoms. The number of esters is 1. The van der Waals surface area contributed by atoms with Crippen LogP contribution in [0.4, 0.5) is 0 Å². The standard InChI is InChI=1S/C16H20O3/c1-12-8-10-16(11-9-12,15(18)19-2)14(17)13-6-4-3-5-7-13/h3-8,14,17H,9-11H2,1-2H3/t14-,16+/m1/s1. The van der Waals surface area contributed by atoms with E-state index in [2.05, 4.69) is 6.92 Å². The highest BCUT2D eigenvalue weighted by Gasteiger charge is 2.47. The lowest BCUT2D eigenvalue weighted by Crippen LogP contribution is -2.39. The molecule has 0 unspecified atom stereocenters. The van der Waals surface area contributed by atoms with Gasteiger partial charge in [0.25, 0.3) is 0 Å². The van der Waals surface area contributed by atoms with Crippen LogP contribution in [0.25, 0.3) is 0 Å². The van der Waals surface area contributed by atoms with Gasteiger partial charge in [-0.3, -0.25) is 4.79 Å². The van der Waals surface area contributed by atoms with Crippen LogP contribution in [-0.4, -0.2) is 18.2 Å². The quantitative estimate of drug-likeness (QED) is 0.671. The van der Waals surface area contributed by atoms with Gasteiger partial charge in [0.1, 0.15) is 5.41 Å². The molecule has 2 atom stereocenters. The minimum absolute atomic E-state index is 0.326. The Morgan fingerprint density at radius 1 is 1.37 bits per heavy atom. The van der Waals surface area contributed by atoms with E-state index in [1.807, 2.05) is 36.4 Å². The molecule has 0 amide bonds. The van der Waals surface area contributed by atoms with Crippen molar-refractivity contribution < 1.29 is 14.6 Å². The van der Waals surface area contributed by atoms with Gasteiger partial charge in [0.15, 0.2) is 0 Å². The average molecular weight is 260 g/mol. The normalized spacial score (nSPS) is 24.5. The molecule has 0 aliphatic heterocycles. The summed E-state index contributed by atoms with van der Waals surface area (Å²) in [7, 11) is 1.38. The zero-order valence-corrected chi connectivity index (χ0v) is 11.4. The number of allylic oxidation sites excluding steroid dienone is 2.